The van der Waals surface area contributed by atoms with E-state index in [1.165, 1.54) is 6.92 Å². The largest absolute Gasteiger partial charge is 0.496 e. The predicted molar refractivity (Wildman–Crippen MR) is 133 cm³/mol. The van der Waals surface area contributed by atoms with Crippen molar-refractivity contribution in [1.29, 1.82) is 0 Å². The number of ether oxygens (including phenoxy) is 3. The third kappa shape index (κ3) is 6.18. The monoisotopic (exact) mass is 479 g/mol. The van der Waals surface area contributed by atoms with Crippen molar-refractivity contribution in [3.05, 3.63) is 89.5 Å². The zero-order chi connectivity index (χ0) is 23.9. The number of methoxy groups -OCH3 is 1. The van der Waals surface area contributed by atoms with E-state index in [0.29, 0.717) is 12.1 Å². The van der Waals surface area contributed by atoms with Crippen LogP contribution in [0.15, 0.2) is 77.7 Å². The molecule has 1 fully saturated rings. The van der Waals surface area contributed by atoms with Gasteiger partial charge >= 0.3 is 0 Å². The van der Waals surface area contributed by atoms with Crippen LogP contribution in [0.4, 0.5) is 5.69 Å². The zero-order valence-electron chi connectivity index (χ0n) is 19.3. The molecule has 0 aliphatic carbocycles. The van der Waals surface area contributed by atoms with Crippen molar-refractivity contribution in [2.75, 3.05) is 18.2 Å². The van der Waals surface area contributed by atoms with Crippen molar-refractivity contribution in [3.8, 4) is 5.75 Å². The van der Waals surface area contributed by atoms with Crippen molar-refractivity contribution in [2.24, 2.45) is 0 Å². The summed E-state index contributed by atoms with van der Waals surface area (Å²) in [6, 6.07) is 23.3. The molecule has 178 valence electrons. The SMILES string of the molecule is COc1ccccc1SCC1CC(c2ccc(CO)cc2)OC(c2cccc(NC(C)=O)c2)O1. The number of nitrogens with one attached hydrogen (secondary N) is 1. The summed E-state index contributed by atoms with van der Waals surface area (Å²) in [4.78, 5) is 12.6. The minimum atomic E-state index is -0.576. The Morgan fingerprint density at radius 2 is 1.85 bits per heavy atom. The summed E-state index contributed by atoms with van der Waals surface area (Å²) in [7, 11) is 1.68. The summed E-state index contributed by atoms with van der Waals surface area (Å²) in [6.45, 7) is 1.49. The molecule has 6 nitrogen and oxygen atoms in total. The number of carbonyl (C=O) groups excluding carboxylic acids is 1. The van der Waals surface area contributed by atoms with E-state index in [1.54, 1.807) is 18.9 Å². The summed E-state index contributed by atoms with van der Waals surface area (Å²) in [6.07, 6.45) is -0.115. The molecule has 0 saturated carbocycles. The second kappa shape index (κ2) is 11.5. The first-order valence-corrected chi connectivity index (χ1v) is 12.2. The Hall–Kier alpha value is -2.84. The maximum absolute atomic E-state index is 11.5. The summed E-state index contributed by atoms with van der Waals surface area (Å²) in [5.74, 6) is 1.45. The molecule has 34 heavy (non-hydrogen) atoms. The lowest BCUT2D eigenvalue weighted by atomic mass is 10.0. The van der Waals surface area contributed by atoms with E-state index < -0.39 is 6.29 Å². The molecule has 4 rings (SSSR count). The standard InChI is InChI=1S/C27H29NO5S/c1-18(30)28-22-7-5-6-21(14-22)27-32-23(17-34-26-9-4-3-8-24(26)31-2)15-25(33-27)20-12-10-19(16-29)11-13-20/h3-14,23,25,27,29H,15-17H2,1-2H3,(H,28,30). The molecule has 0 bridgehead atoms. The van der Waals surface area contributed by atoms with Crippen LogP contribution in [0.25, 0.3) is 0 Å². The number of amides is 1. The third-order valence-corrected chi connectivity index (χ3v) is 6.77. The number of carbonyl (C=O) groups is 1. The first-order chi connectivity index (χ1) is 16.6. The van der Waals surface area contributed by atoms with Gasteiger partial charge in [0.1, 0.15) is 5.75 Å². The van der Waals surface area contributed by atoms with Gasteiger partial charge in [-0.1, -0.05) is 48.5 Å². The lowest BCUT2D eigenvalue weighted by Gasteiger charge is -2.36. The van der Waals surface area contributed by atoms with Crippen LogP contribution in [-0.2, 0) is 20.9 Å². The van der Waals surface area contributed by atoms with Gasteiger partial charge in [-0.2, -0.15) is 0 Å². The molecule has 0 aromatic heterocycles. The summed E-state index contributed by atoms with van der Waals surface area (Å²) < 4.78 is 18.3. The van der Waals surface area contributed by atoms with E-state index in [0.717, 1.165) is 33.1 Å². The molecule has 1 aliphatic heterocycles. The average Bonchev–Trinajstić information content (AvgIpc) is 2.87. The van der Waals surface area contributed by atoms with Gasteiger partial charge in [-0.05, 0) is 35.4 Å². The van der Waals surface area contributed by atoms with E-state index in [1.807, 2.05) is 72.8 Å². The predicted octanol–water partition coefficient (Wildman–Crippen LogP) is 5.48. The highest BCUT2D eigenvalue weighted by atomic mass is 32.2. The van der Waals surface area contributed by atoms with Crippen LogP contribution in [0.5, 0.6) is 5.75 Å². The van der Waals surface area contributed by atoms with Crippen molar-refractivity contribution >= 4 is 23.4 Å². The molecule has 1 saturated heterocycles. The summed E-state index contributed by atoms with van der Waals surface area (Å²) in [5, 5.41) is 12.2. The highest BCUT2D eigenvalue weighted by molar-refractivity contribution is 7.99. The highest BCUT2D eigenvalue weighted by Gasteiger charge is 2.32. The molecule has 0 radical (unpaired) electrons. The number of rotatable bonds is 8. The van der Waals surface area contributed by atoms with Gasteiger partial charge in [-0.15, -0.1) is 11.8 Å². The van der Waals surface area contributed by atoms with Gasteiger partial charge in [-0.3, -0.25) is 4.79 Å². The van der Waals surface area contributed by atoms with Crippen LogP contribution in [0, 0.1) is 0 Å². The van der Waals surface area contributed by atoms with E-state index in [4.69, 9.17) is 14.2 Å². The van der Waals surface area contributed by atoms with Gasteiger partial charge in [0.05, 0.1) is 25.9 Å². The number of anilines is 1. The molecule has 1 aliphatic rings. The lowest BCUT2D eigenvalue weighted by molar-refractivity contribution is -0.245. The Morgan fingerprint density at radius 3 is 2.59 bits per heavy atom. The second-order valence-electron chi connectivity index (χ2n) is 8.12. The number of thioether (sulfide) groups is 1. The average molecular weight is 480 g/mol. The molecular formula is C27H29NO5S. The molecule has 3 aromatic rings. The maximum Gasteiger partial charge on any atom is 0.221 e. The van der Waals surface area contributed by atoms with Crippen molar-refractivity contribution < 1.29 is 24.1 Å². The fraction of sp³-hybridized carbons (Fsp3) is 0.296. The number of hydrogen-bond acceptors (Lipinski definition) is 6. The van der Waals surface area contributed by atoms with Gasteiger partial charge < -0.3 is 24.6 Å². The van der Waals surface area contributed by atoms with E-state index in [2.05, 4.69) is 5.32 Å². The number of benzene rings is 3. The molecule has 3 aromatic carbocycles. The first kappa shape index (κ1) is 24.3. The first-order valence-electron chi connectivity index (χ1n) is 11.2. The maximum atomic E-state index is 11.5. The minimum Gasteiger partial charge on any atom is -0.496 e. The van der Waals surface area contributed by atoms with Gasteiger partial charge in [-0.25, -0.2) is 0 Å². The van der Waals surface area contributed by atoms with Crippen molar-refractivity contribution in [1.82, 2.24) is 0 Å². The molecule has 3 unspecified atom stereocenters. The van der Waals surface area contributed by atoms with Gasteiger partial charge in [0.25, 0.3) is 0 Å². The molecule has 2 N–H and O–H groups in total. The molecule has 1 amide bonds. The second-order valence-corrected chi connectivity index (χ2v) is 9.18. The van der Waals surface area contributed by atoms with Crippen molar-refractivity contribution in [3.63, 3.8) is 0 Å². The van der Waals surface area contributed by atoms with Crippen LogP contribution in [0.1, 0.15) is 42.4 Å². The molecule has 3 atom stereocenters. The van der Waals surface area contributed by atoms with E-state index in [9.17, 15) is 9.90 Å². The van der Waals surface area contributed by atoms with Gasteiger partial charge in [0, 0.05) is 35.2 Å². The quantitative estimate of drug-likeness (QED) is 0.417. The number of aliphatic hydroxyl groups excluding tert-OH is 1. The van der Waals surface area contributed by atoms with Crippen LogP contribution in [0.2, 0.25) is 0 Å². The van der Waals surface area contributed by atoms with E-state index >= 15 is 0 Å². The number of aliphatic hydroxyl groups is 1. The molecule has 7 heteroatoms. The summed E-state index contributed by atoms with van der Waals surface area (Å²) in [5.41, 5.74) is 3.44. The zero-order valence-corrected chi connectivity index (χ0v) is 20.1. The Bertz CT molecular complexity index is 1100. The Labute approximate surface area is 204 Å². The Kier molecular flexibility index (Phi) is 8.24. The summed E-state index contributed by atoms with van der Waals surface area (Å²) >= 11 is 1.69. The topological polar surface area (TPSA) is 77.0 Å². The number of hydrogen-bond donors (Lipinski definition) is 2. The third-order valence-electron chi connectivity index (χ3n) is 5.59. The van der Waals surface area contributed by atoms with Crippen LogP contribution in [0.3, 0.4) is 0 Å². The Morgan fingerprint density at radius 1 is 1.06 bits per heavy atom. The van der Waals surface area contributed by atoms with Crippen LogP contribution >= 0.6 is 11.8 Å². The fourth-order valence-electron chi connectivity index (χ4n) is 3.91. The van der Waals surface area contributed by atoms with Crippen molar-refractivity contribution in [2.45, 2.75) is 43.3 Å². The normalized spacial score (nSPS) is 20.0. The Balaban J connectivity index is 1.56. The van der Waals surface area contributed by atoms with Crippen LogP contribution in [-0.4, -0.2) is 30.0 Å². The molecular weight excluding hydrogens is 450 g/mol. The lowest BCUT2D eigenvalue weighted by Crippen LogP contribution is -2.31. The molecule has 1 heterocycles. The molecule has 0 spiro atoms. The fourth-order valence-corrected chi connectivity index (χ4v) is 4.96. The van der Waals surface area contributed by atoms with Crippen LogP contribution < -0.4 is 10.1 Å². The minimum absolute atomic E-state index is 0.00561. The smallest absolute Gasteiger partial charge is 0.221 e. The number of para-hydroxylation sites is 1. The highest BCUT2D eigenvalue weighted by Crippen LogP contribution is 2.40. The van der Waals surface area contributed by atoms with Gasteiger partial charge in [0.15, 0.2) is 6.29 Å². The van der Waals surface area contributed by atoms with Gasteiger partial charge in [0.2, 0.25) is 5.91 Å². The van der Waals surface area contributed by atoms with E-state index in [-0.39, 0.29) is 24.7 Å².